The predicted molar refractivity (Wildman–Crippen MR) is 84.0 cm³/mol. The standard InChI is InChI=1S/C15H20N4OS/c1-10-13(21-14(17-10)11-6-4-5-7-11)15(20)19(3)12-8-16-18(2)9-12/h8-9,11H,4-7H2,1-3H3. The molecule has 6 heteroatoms. The molecular weight excluding hydrogens is 284 g/mol. The Labute approximate surface area is 128 Å². The van der Waals surface area contributed by atoms with Crippen LogP contribution in [-0.2, 0) is 7.05 Å². The molecule has 2 aromatic heterocycles. The summed E-state index contributed by atoms with van der Waals surface area (Å²) in [4.78, 5) is 19.7. The number of carbonyl (C=O) groups excluding carboxylic acids is 1. The highest BCUT2D eigenvalue weighted by Crippen LogP contribution is 2.37. The molecule has 0 atom stereocenters. The van der Waals surface area contributed by atoms with Gasteiger partial charge in [0.2, 0.25) is 0 Å². The summed E-state index contributed by atoms with van der Waals surface area (Å²) in [5.41, 5.74) is 1.65. The van der Waals surface area contributed by atoms with Crippen LogP contribution in [0.1, 0.15) is 52.0 Å². The van der Waals surface area contributed by atoms with Gasteiger partial charge in [-0.1, -0.05) is 12.8 Å². The molecule has 0 N–H and O–H groups in total. The summed E-state index contributed by atoms with van der Waals surface area (Å²) in [5, 5.41) is 5.25. The third kappa shape index (κ3) is 2.72. The highest BCUT2D eigenvalue weighted by molar-refractivity contribution is 7.14. The van der Waals surface area contributed by atoms with E-state index in [1.54, 1.807) is 34.2 Å². The van der Waals surface area contributed by atoms with Crippen molar-refractivity contribution in [2.45, 2.75) is 38.5 Å². The summed E-state index contributed by atoms with van der Waals surface area (Å²) in [7, 11) is 3.63. The molecule has 1 aliphatic rings. The fourth-order valence-electron chi connectivity index (χ4n) is 2.81. The van der Waals surface area contributed by atoms with E-state index < -0.39 is 0 Å². The summed E-state index contributed by atoms with van der Waals surface area (Å²) >= 11 is 1.57. The topological polar surface area (TPSA) is 51.0 Å². The van der Waals surface area contributed by atoms with Gasteiger partial charge in [0.15, 0.2) is 0 Å². The second-order valence-corrected chi connectivity index (χ2v) is 6.72. The van der Waals surface area contributed by atoms with Crippen LogP contribution in [0.4, 0.5) is 5.69 Å². The van der Waals surface area contributed by atoms with Crippen molar-refractivity contribution in [3.8, 4) is 0 Å². The van der Waals surface area contributed by atoms with Crippen LogP contribution >= 0.6 is 11.3 Å². The van der Waals surface area contributed by atoms with E-state index in [0.717, 1.165) is 21.3 Å². The number of hydrogen-bond donors (Lipinski definition) is 0. The molecule has 1 amide bonds. The molecule has 0 aliphatic heterocycles. The van der Waals surface area contributed by atoms with Gasteiger partial charge in [0.25, 0.3) is 5.91 Å². The molecule has 2 heterocycles. The zero-order chi connectivity index (χ0) is 15.0. The molecule has 1 fully saturated rings. The predicted octanol–water partition coefficient (Wildman–Crippen LogP) is 3.12. The first-order valence-electron chi connectivity index (χ1n) is 7.30. The van der Waals surface area contributed by atoms with Crippen LogP contribution in [0.2, 0.25) is 0 Å². The Morgan fingerprint density at radius 3 is 2.76 bits per heavy atom. The van der Waals surface area contributed by atoms with E-state index >= 15 is 0 Å². The average molecular weight is 304 g/mol. The summed E-state index contributed by atoms with van der Waals surface area (Å²) in [6.45, 7) is 1.93. The third-order valence-corrected chi connectivity index (χ3v) is 5.40. The van der Waals surface area contributed by atoms with Crippen molar-refractivity contribution >= 4 is 22.9 Å². The lowest BCUT2D eigenvalue weighted by molar-refractivity contribution is 0.0996. The van der Waals surface area contributed by atoms with Gasteiger partial charge >= 0.3 is 0 Å². The zero-order valence-corrected chi connectivity index (χ0v) is 13.5. The smallest absolute Gasteiger partial charge is 0.270 e. The lowest BCUT2D eigenvalue weighted by Crippen LogP contribution is -2.25. The van der Waals surface area contributed by atoms with Crippen LogP contribution in [0, 0.1) is 6.92 Å². The fourth-order valence-corrected chi connectivity index (χ4v) is 4.03. The summed E-state index contributed by atoms with van der Waals surface area (Å²) in [5.74, 6) is 0.557. The first-order valence-corrected chi connectivity index (χ1v) is 8.12. The van der Waals surface area contributed by atoms with Gasteiger partial charge in [0.05, 0.1) is 22.6 Å². The van der Waals surface area contributed by atoms with Gasteiger partial charge in [0.1, 0.15) is 4.88 Å². The molecule has 2 aromatic rings. The van der Waals surface area contributed by atoms with Crippen molar-refractivity contribution in [2.24, 2.45) is 7.05 Å². The Morgan fingerprint density at radius 1 is 1.43 bits per heavy atom. The maximum absolute atomic E-state index is 12.7. The zero-order valence-electron chi connectivity index (χ0n) is 12.7. The Bertz CT molecular complexity index is 654. The summed E-state index contributed by atoms with van der Waals surface area (Å²) in [6.07, 6.45) is 8.51. The minimum absolute atomic E-state index is 0.00208. The van der Waals surface area contributed by atoms with Gasteiger partial charge in [-0.05, 0) is 19.8 Å². The molecule has 0 radical (unpaired) electrons. The highest BCUT2D eigenvalue weighted by atomic mass is 32.1. The lowest BCUT2D eigenvalue weighted by Gasteiger charge is -2.13. The van der Waals surface area contributed by atoms with Crippen molar-refractivity contribution in [3.05, 3.63) is 28.0 Å². The second-order valence-electron chi connectivity index (χ2n) is 5.68. The maximum atomic E-state index is 12.7. The maximum Gasteiger partial charge on any atom is 0.270 e. The van der Waals surface area contributed by atoms with Crippen LogP contribution in [0.25, 0.3) is 0 Å². The Balaban J connectivity index is 1.84. The van der Waals surface area contributed by atoms with Gasteiger partial charge < -0.3 is 4.90 Å². The molecule has 3 rings (SSSR count). The summed E-state index contributed by atoms with van der Waals surface area (Å²) < 4.78 is 1.70. The SMILES string of the molecule is Cc1nc(C2CCCC2)sc1C(=O)N(C)c1cnn(C)c1. The van der Waals surface area contributed by atoms with Crippen molar-refractivity contribution in [1.29, 1.82) is 0 Å². The second kappa shape index (κ2) is 5.60. The molecule has 5 nitrogen and oxygen atoms in total. The molecule has 0 saturated heterocycles. The number of nitrogens with zero attached hydrogens (tertiary/aromatic N) is 4. The Hall–Kier alpha value is -1.69. The van der Waals surface area contributed by atoms with Gasteiger partial charge in [-0.2, -0.15) is 5.10 Å². The fraction of sp³-hybridized carbons (Fsp3) is 0.533. The van der Waals surface area contributed by atoms with E-state index in [2.05, 4.69) is 10.1 Å². The van der Waals surface area contributed by atoms with E-state index in [-0.39, 0.29) is 5.91 Å². The number of rotatable bonds is 3. The van der Waals surface area contributed by atoms with Crippen molar-refractivity contribution in [1.82, 2.24) is 14.8 Å². The molecule has 0 bridgehead atoms. The molecular formula is C15H20N4OS. The number of hydrogen-bond acceptors (Lipinski definition) is 4. The molecule has 112 valence electrons. The molecule has 1 aliphatic carbocycles. The quantitative estimate of drug-likeness (QED) is 0.875. The number of carbonyl (C=O) groups is 1. The van der Waals surface area contributed by atoms with Crippen LogP contribution in [-0.4, -0.2) is 27.7 Å². The lowest BCUT2D eigenvalue weighted by atomic mass is 10.1. The minimum Gasteiger partial charge on any atom is -0.308 e. The number of amides is 1. The molecule has 1 saturated carbocycles. The van der Waals surface area contributed by atoms with Crippen molar-refractivity contribution < 1.29 is 4.79 Å². The first kappa shape index (κ1) is 14.3. The van der Waals surface area contributed by atoms with Crippen LogP contribution in [0.15, 0.2) is 12.4 Å². The third-order valence-electron chi connectivity index (χ3n) is 4.09. The van der Waals surface area contributed by atoms with Crippen LogP contribution < -0.4 is 4.90 Å². The van der Waals surface area contributed by atoms with E-state index in [4.69, 9.17) is 0 Å². The first-order chi connectivity index (χ1) is 10.1. The normalized spacial score (nSPS) is 15.6. The number of thiazole rings is 1. The summed E-state index contributed by atoms with van der Waals surface area (Å²) in [6, 6.07) is 0. The van der Waals surface area contributed by atoms with Crippen LogP contribution in [0.5, 0.6) is 0 Å². The monoisotopic (exact) mass is 304 g/mol. The largest absolute Gasteiger partial charge is 0.308 e. The van der Waals surface area contributed by atoms with Gasteiger partial charge in [-0.3, -0.25) is 9.48 Å². The van der Waals surface area contributed by atoms with E-state index in [9.17, 15) is 4.79 Å². The van der Waals surface area contributed by atoms with Crippen LogP contribution in [0.3, 0.4) is 0 Å². The van der Waals surface area contributed by atoms with E-state index in [0.29, 0.717) is 5.92 Å². The minimum atomic E-state index is 0.00208. The Kier molecular flexibility index (Phi) is 3.80. The van der Waals surface area contributed by atoms with Gasteiger partial charge in [-0.25, -0.2) is 4.98 Å². The molecule has 21 heavy (non-hydrogen) atoms. The number of aromatic nitrogens is 3. The number of anilines is 1. The van der Waals surface area contributed by atoms with E-state index in [1.807, 2.05) is 20.2 Å². The van der Waals surface area contributed by atoms with E-state index in [1.165, 1.54) is 25.7 Å². The highest BCUT2D eigenvalue weighted by Gasteiger charge is 2.25. The van der Waals surface area contributed by atoms with Crippen molar-refractivity contribution in [2.75, 3.05) is 11.9 Å². The molecule has 0 spiro atoms. The van der Waals surface area contributed by atoms with Gasteiger partial charge in [0, 0.05) is 26.2 Å². The van der Waals surface area contributed by atoms with Gasteiger partial charge in [-0.15, -0.1) is 11.3 Å². The molecule has 0 aromatic carbocycles. The Morgan fingerprint density at radius 2 is 2.14 bits per heavy atom. The number of aryl methyl sites for hydroxylation is 2. The molecule has 0 unspecified atom stereocenters. The average Bonchev–Trinajstić information content (AvgIpc) is 3.17. The van der Waals surface area contributed by atoms with Crippen molar-refractivity contribution in [3.63, 3.8) is 0 Å².